The van der Waals surface area contributed by atoms with Gasteiger partial charge in [-0.2, -0.15) is 8.42 Å². The maximum Gasteiger partial charge on any atom is 0.285 e. The Morgan fingerprint density at radius 1 is 1.16 bits per heavy atom. The van der Waals surface area contributed by atoms with Gasteiger partial charge in [0.25, 0.3) is 10.0 Å². The number of rotatable bonds is 3. The summed E-state index contributed by atoms with van der Waals surface area (Å²) in [6.07, 6.45) is 1.15. The van der Waals surface area contributed by atoms with Gasteiger partial charge in [0.15, 0.2) is 11.5 Å². The van der Waals surface area contributed by atoms with Gasteiger partial charge in [0, 0.05) is 11.8 Å². The molecule has 0 unspecified atom stereocenters. The standard InChI is InChI=1S/C16H13N3O5S/c20-16(18-11-5-6-13-14(7-11)24-10-23-13)8-19-9-17-25(21,22)15-4-2-1-3-12(15)19/h1-7,9H,8,10H2,(H,18,20). The Labute approximate surface area is 143 Å². The van der Waals surface area contributed by atoms with Gasteiger partial charge in [0.1, 0.15) is 17.8 Å². The molecule has 0 atom stereocenters. The fourth-order valence-electron chi connectivity index (χ4n) is 2.61. The van der Waals surface area contributed by atoms with Crippen LogP contribution in [0.4, 0.5) is 11.4 Å². The van der Waals surface area contributed by atoms with Gasteiger partial charge in [-0.3, -0.25) is 4.79 Å². The van der Waals surface area contributed by atoms with Crippen LogP contribution in [0.15, 0.2) is 51.8 Å². The van der Waals surface area contributed by atoms with Crippen molar-refractivity contribution in [3.05, 3.63) is 42.5 Å². The third-order valence-corrected chi connectivity index (χ3v) is 5.02. The Morgan fingerprint density at radius 3 is 2.84 bits per heavy atom. The van der Waals surface area contributed by atoms with E-state index in [1.807, 2.05) is 0 Å². The minimum atomic E-state index is -3.71. The van der Waals surface area contributed by atoms with Gasteiger partial charge >= 0.3 is 0 Å². The van der Waals surface area contributed by atoms with Crippen molar-refractivity contribution < 1.29 is 22.7 Å². The Hall–Kier alpha value is -3.07. The lowest BCUT2D eigenvalue weighted by molar-refractivity contribution is -0.114. The molecule has 0 spiro atoms. The molecule has 0 saturated carbocycles. The number of benzene rings is 2. The number of ether oxygens (including phenoxy) is 2. The fraction of sp³-hybridized carbons (Fsp3) is 0.125. The SMILES string of the molecule is O=C(CN1C=NS(=O)(=O)c2ccccc21)Nc1ccc2c(c1)OCO2. The summed E-state index contributed by atoms with van der Waals surface area (Å²) in [6.45, 7) is 0.0761. The van der Waals surface area contributed by atoms with Gasteiger partial charge < -0.3 is 19.7 Å². The van der Waals surface area contributed by atoms with Crippen molar-refractivity contribution >= 4 is 33.6 Å². The van der Waals surface area contributed by atoms with E-state index in [9.17, 15) is 13.2 Å². The van der Waals surface area contributed by atoms with Crippen molar-refractivity contribution in [1.82, 2.24) is 0 Å². The van der Waals surface area contributed by atoms with E-state index in [1.54, 1.807) is 36.4 Å². The molecule has 0 bridgehead atoms. The van der Waals surface area contributed by atoms with Crippen LogP contribution in [0, 0.1) is 0 Å². The Balaban J connectivity index is 1.52. The van der Waals surface area contributed by atoms with Crippen LogP contribution in [0.3, 0.4) is 0 Å². The van der Waals surface area contributed by atoms with Crippen LogP contribution in [-0.2, 0) is 14.8 Å². The number of hydrogen-bond donors (Lipinski definition) is 1. The van der Waals surface area contributed by atoms with Crippen molar-refractivity contribution in [1.29, 1.82) is 0 Å². The average molecular weight is 359 g/mol. The number of carbonyl (C=O) groups excluding carboxylic acids is 1. The van der Waals surface area contributed by atoms with Gasteiger partial charge in [-0.15, -0.1) is 4.40 Å². The number of fused-ring (bicyclic) bond motifs is 2. The smallest absolute Gasteiger partial charge is 0.285 e. The topological polar surface area (TPSA) is 97.3 Å². The van der Waals surface area contributed by atoms with Crippen molar-refractivity contribution in [2.75, 3.05) is 23.6 Å². The zero-order chi connectivity index (χ0) is 17.4. The molecule has 0 aromatic heterocycles. The van der Waals surface area contributed by atoms with E-state index in [0.29, 0.717) is 22.9 Å². The Kier molecular flexibility index (Phi) is 3.57. The monoisotopic (exact) mass is 359 g/mol. The third-order valence-electron chi connectivity index (χ3n) is 3.75. The van der Waals surface area contributed by atoms with Crippen LogP contribution < -0.4 is 19.7 Å². The highest BCUT2D eigenvalue weighted by Gasteiger charge is 2.26. The quantitative estimate of drug-likeness (QED) is 0.894. The van der Waals surface area contributed by atoms with E-state index >= 15 is 0 Å². The molecule has 2 aliphatic rings. The minimum absolute atomic E-state index is 0.0772. The van der Waals surface area contributed by atoms with E-state index in [-0.39, 0.29) is 24.1 Å². The van der Waals surface area contributed by atoms with E-state index in [2.05, 4.69) is 9.71 Å². The maximum absolute atomic E-state index is 12.3. The van der Waals surface area contributed by atoms with Gasteiger partial charge in [0.2, 0.25) is 12.7 Å². The molecule has 0 radical (unpaired) electrons. The van der Waals surface area contributed by atoms with Crippen LogP contribution in [-0.4, -0.2) is 34.0 Å². The Bertz CT molecular complexity index is 987. The summed E-state index contributed by atoms with van der Waals surface area (Å²) in [5.74, 6) is 0.869. The van der Waals surface area contributed by atoms with E-state index in [4.69, 9.17) is 9.47 Å². The second-order valence-corrected chi connectivity index (χ2v) is 7.01. The molecule has 8 nitrogen and oxygen atoms in total. The molecular weight excluding hydrogens is 346 g/mol. The molecule has 2 heterocycles. The third kappa shape index (κ3) is 2.89. The van der Waals surface area contributed by atoms with Crippen molar-refractivity contribution in [2.24, 2.45) is 4.40 Å². The lowest BCUT2D eigenvalue weighted by Gasteiger charge is -2.24. The van der Waals surface area contributed by atoms with Crippen molar-refractivity contribution in [2.45, 2.75) is 4.90 Å². The summed E-state index contributed by atoms with van der Waals surface area (Å²) in [5.41, 5.74) is 0.974. The molecule has 2 aromatic carbocycles. The lowest BCUT2D eigenvalue weighted by atomic mass is 10.2. The molecule has 0 aliphatic carbocycles. The molecule has 1 amide bonds. The molecule has 2 aliphatic heterocycles. The predicted octanol–water partition coefficient (Wildman–Crippen LogP) is 1.59. The van der Waals surface area contributed by atoms with Gasteiger partial charge in [0.05, 0.1) is 5.69 Å². The summed E-state index contributed by atoms with van der Waals surface area (Å²) in [5, 5.41) is 2.74. The average Bonchev–Trinajstić information content (AvgIpc) is 3.05. The second kappa shape index (κ2) is 5.78. The summed E-state index contributed by atoms with van der Waals surface area (Å²) >= 11 is 0. The first kappa shape index (κ1) is 15.5. The molecule has 2 aromatic rings. The van der Waals surface area contributed by atoms with Crippen LogP contribution in [0.2, 0.25) is 0 Å². The predicted molar refractivity (Wildman–Crippen MR) is 90.7 cm³/mol. The molecular formula is C16H13N3O5S. The summed E-state index contributed by atoms with van der Waals surface area (Å²) in [7, 11) is -3.71. The number of anilines is 2. The second-order valence-electron chi connectivity index (χ2n) is 5.41. The zero-order valence-electron chi connectivity index (χ0n) is 12.9. The number of amides is 1. The Morgan fingerprint density at radius 2 is 1.96 bits per heavy atom. The number of sulfonamides is 1. The van der Waals surface area contributed by atoms with E-state index in [1.165, 1.54) is 11.0 Å². The number of nitrogens with one attached hydrogen (secondary N) is 1. The summed E-state index contributed by atoms with van der Waals surface area (Å²) in [4.78, 5) is 13.9. The van der Waals surface area contributed by atoms with Gasteiger partial charge in [-0.05, 0) is 24.3 Å². The number of para-hydroxylation sites is 1. The molecule has 9 heteroatoms. The first-order chi connectivity index (χ1) is 12.0. The first-order valence-corrected chi connectivity index (χ1v) is 8.82. The van der Waals surface area contributed by atoms with Crippen LogP contribution in [0.25, 0.3) is 0 Å². The molecule has 128 valence electrons. The highest BCUT2D eigenvalue weighted by Crippen LogP contribution is 2.34. The molecule has 25 heavy (non-hydrogen) atoms. The summed E-state index contributed by atoms with van der Waals surface area (Å²) < 4.78 is 37.9. The van der Waals surface area contributed by atoms with E-state index < -0.39 is 10.0 Å². The van der Waals surface area contributed by atoms with Crippen molar-refractivity contribution in [3.8, 4) is 11.5 Å². The highest BCUT2D eigenvalue weighted by molar-refractivity contribution is 7.90. The largest absolute Gasteiger partial charge is 0.454 e. The summed E-state index contributed by atoms with van der Waals surface area (Å²) in [6, 6.07) is 11.5. The van der Waals surface area contributed by atoms with Crippen LogP contribution >= 0.6 is 0 Å². The number of hydrogen-bond acceptors (Lipinski definition) is 6. The molecule has 0 saturated heterocycles. The molecule has 1 N–H and O–H groups in total. The number of carbonyl (C=O) groups is 1. The van der Waals surface area contributed by atoms with Gasteiger partial charge in [-0.25, -0.2) is 0 Å². The van der Waals surface area contributed by atoms with Crippen molar-refractivity contribution in [3.63, 3.8) is 0 Å². The van der Waals surface area contributed by atoms with Crippen LogP contribution in [0.1, 0.15) is 0 Å². The number of nitrogens with zero attached hydrogens (tertiary/aromatic N) is 2. The highest BCUT2D eigenvalue weighted by atomic mass is 32.2. The minimum Gasteiger partial charge on any atom is -0.454 e. The van der Waals surface area contributed by atoms with E-state index in [0.717, 1.165) is 6.34 Å². The zero-order valence-corrected chi connectivity index (χ0v) is 13.7. The first-order valence-electron chi connectivity index (χ1n) is 7.38. The lowest BCUT2D eigenvalue weighted by Crippen LogP contribution is -2.35. The van der Waals surface area contributed by atoms with Crippen LogP contribution in [0.5, 0.6) is 11.5 Å². The normalized spacial score (nSPS) is 16.4. The molecule has 0 fully saturated rings. The fourth-order valence-corrected chi connectivity index (χ4v) is 3.66. The maximum atomic E-state index is 12.3. The molecule has 4 rings (SSSR count). The van der Waals surface area contributed by atoms with Gasteiger partial charge in [-0.1, -0.05) is 12.1 Å².